The van der Waals surface area contributed by atoms with Gasteiger partial charge >= 0.3 is 11.9 Å². The summed E-state index contributed by atoms with van der Waals surface area (Å²) in [6.07, 6.45) is -0.215. The van der Waals surface area contributed by atoms with Crippen LogP contribution in [0.4, 0.5) is 4.39 Å². The fourth-order valence-corrected chi connectivity index (χ4v) is 2.13. The largest absolute Gasteiger partial charge is 0.480 e. The van der Waals surface area contributed by atoms with Gasteiger partial charge in [0.05, 0.1) is 13.3 Å². The van der Waals surface area contributed by atoms with E-state index < -0.39 is 24.0 Å². The lowest BCUT2D eigenvalue weighted by molar-refractivity contribution is -0.162. The summed E-state index contributed by atoms with van der Waals surface area (Å²) in [6, 6.07) is 5.88. The van der Waals surface area contributed by atoms with E-state index in [0.29, 0.717) is 5.02 Å². The van der Waals surface area contributed by atoms with Gasteiger partial charge in [0.2, 0.25) is 0 Å². The number of hydrogen-bond acceptors (Lipinski definition) is 3. The molecule has 1 aromatic rings. The quantitative estimate of drug-likeness (QED) is 0.621. The van der Waals surface area contributed by atoms with Crippen molar-refractivity contribution < 1.29 is 23.8 Å². The predicted molar refractivity (Wildman–Crippen MR) is 72.6 cm³/mol. The molecule has 1 aromatic carbocycles. The van der Waals surface area contributed by atoms with E-state index in [0.717, 1.165) is 0 Å². The molecule has 0 saturated heterocycles. The minimum Gasteiger partial charge on any atom is -0.480 e. The highest BCUT2D eigenvalue weighted by atomic mass is 35.5. The Bertz CT molecular complexity index is 475. The van der Waals surface area contributed by atoms with Gasteiger partial charge < -0.3 is 9.84 Å². The highest BCUT2D eigenvalue weighted by Gasteiger charge is 2.48. The van der Waals surface area contributed by atoms with E-state index in [-0.39, 0.29) is 25.0 Å². The number of hydrogen-bond donors (Lipinski definition) is 1. The van der Waals surface area contributed by atoms with Crippen molar-refractivity contribution in [2.24, 2.45) is 0 Å². The molecule has 0 spiro atoms. The smallest absolute Gasteiger partial charge is 0.328 e. The normalized spacial score (nSPS) is 13.6. The molecule has 0 bridgehead atoms. The minimum atomic E-state index is -1.90. The summed E-state index contributed by atoms with van der Waals surface area (Å²) < 4.78 is 17.3. The van der Waals surface area contributed by atoms with Crippen molar-refractivity contribution >= 4 is 23.5 Å². The monoisotopic (exact) mass is 302 g/mol. The topological polar surface area (TPSA) is 63.6 Å². The molecule has 1 atom stereocenters. The summed E-state index contributed by atoms with van der Waals surface area (Å²) in [7, 11) is 0. The molecule has 110 valence electrons. The van der Waals surface area contributed by atoms with Gasteiger partial charge in [0.1, 0.15) is 0 Å². The van der Waals surface area contributed by atoms with Crippen molar-refractivity contribution in [3.63, 3.8) is 0 Å². The van der Waals surface area contributed by atoms with Gasteiger partial charge in [-0.3, -0.25) is 14.0 Å². The fourth-order valence-electron chi connectivity index (χ4n) is 2.00. The Hall–Kier alpha value is -1.62. The van der Waals surface area contributed by atoms with Crippen LogP contribution in [0.25, 0.3) is 0 Å². The Balaban J connectivity index is 3.31. The van der Waals surface area contributed by atoms with Gasteiger partial charge in [-0.05, 0) is 37.5 Å². The lowest BCUT2D eigenvalue weighted by Crippen LogP contribution is -2.45. The molecule has 6 heteroatoms. The first-order valence-corrected chi connectivity index (χ1v) is 6.59. The standard InChI is InChI=1S/C14H16ClFO4/c1-2-20-13(19)14(12(17)18,8-3-9-16)10-4-6-11(15)7-5-10/h4-7H,2-3,8-9H2,1H3,(H,17,18). The SMILES string of the molecule is CCOC(=O)C(CCCF)(C(=O)O)c1ccc(Cl)cc1. The van der Waals surface area contributed by atoms with Crippen LogP contribution in [0.15, 0.2) is 24.3 Å². The zero-order valence-corrected chi connectivity index (χ0v) is 11.8. The van der Waals surface area contributed by atoms with E-state index in [9.17, 15) is 19.1 Å². The number of esters is 1. The molecule has 1 rings (SSSR count). The Labute approximate surface area is 121 Å². The number of alkyl halides is 1. The van der Waals surface area contributed by atoms with Gasteiger partial charge in [-0.15, -0.1) is 0 Å². The summed E-state index contributed by atoms with van der Waals surface area (Å²) in [5.74, 6) is -2.24. The van der Waals surface area contributed by atoms with Crippen molar-refractivity contribution in [1.29, 1.82) is 0 Å². The van der Waals surface area contributed by atoms with Crippen LogP contribution in [0, 0.1) is 0 Å². The average Bonchev–Trinajstić information content (AvgIpc) is 2.41. The molecule has 0 aliphatic heterocycles. The molecule has 0 fully saturated rings. The van der Waals surface area contributed by atoms with Gasteiger partial charge in [0.25, 0.3) is 0 Å². The minimum absolute atomic E-state index is 0.0479. The third kappa shape index (κ3) is 3.28. The molecule has 1 N–H and O–H groups in total. The second kappa shape index (κ2) is 7.24. The van der Waals surface area contributed by atoms with E-state index in [4.69, 9.17) is 16.3 Å². The number of aliphatic carboxylic acids is 1. The second-order valence-electron chi connectivity index (χ2n) is 4.23. The van der Waals surface area contributed by atoms with Crippen LogP contribution in [-0.2, 0) is 19.7 Å². The van der Waals surface area contributed by atoms with Crippen LogP contribution in [0.5, 0.6) is 0 Å². The number of ether oxygens (including phenoxy) is 1. The lowest BCUT2D eigenvalue weighted by Gasteiger charge is -2.27. The number of carboxylic acids is 1. The van der Waals surface area contributed by atoms with E-state index >= 15 is 0 Å². The Morgan fingerprint density at radius 2 is 1.95 bits per heavy atom. The third-order valence-corrected chi connectivity index (χ3v) is 3.26. The first-order valence-electron chi connectivity index (χ1n) is 6.21. The van der Waals surface area contributed by atoms with Gasteiger partial charge in [0, 0.05) is 5.02 Å². The molecule has 0 radical (unpaired) electrons. The summed E-state index contributed by atoms with van der Waals surface area (Å²) in [5.41, 5.74) is -1.66. The number of carbonyl (C=O) groups excluding carboxylic acids is 1. The predicted octanol–water partition coefficient (Wildman–Crippen LogP) is 2.98. The molecule has 0 aliphatic carbocycles. The van der Waals surface area contributed by atoms with Crippen molar-refractivity contribution in [1.82, 2.24) is 0 Å². The van der Waals surface area contributed by atoms with Crippen LogP contribution in [-0.4, -0.2) is 30.3 Å². The number of rotatable bonds is 7. The highest BCUT2D eigenvalue weighted by Crippen LogP contribution is 2.32. The molecular weight excluding hydrogens is 287 g/mol. The molecule has 1 unspecified atom stereocenters. The number of halogens is 2. The summed E-state index contributed by atoms with van der Waals surface area (Å²) in [6.45, 7) is 0.931. The zero-order chi connectivity index (χ0) is 15.2. The first kappa shape index (κ1) is 16.4. The molecule has 20 heavy (non-hydrogen) atoms. The van der Waals surface area contributed by atoms with Crippen LogP contribution in [0.3, 0.4) is 0 Å². The van der Waals surface area contributed by atoms with Crippen LogP contribution in [0.2, 0.25) is 5.02 Å². The summed E-state index contributed by atoms with van der Waals surface area (Å²) >= 11 is 5.76. The van der Waals surface area contributed by atoms with Gasteiger partial charge in [-0.25, -0.2) is 0 Å². The van der Waals surface area contributed by atoms with Gasteiger partial charge in [-0.2, -0.15) is 0 Å². The summed E-state index contributed by atoms with van der Waals surface area (Å²) in [5, 5.41) is 9.93. The number of benzene rings is 1. The molecule has 0 amide bonds. The van der Waals surface area contributed by atoms with Crippen molar-refractivity contribution in [3.8, 4) is 0 Å². The van der Waals surface area contributed by atoms with Crippen molar-refractivity contribution in [3.05, 3.63) is 34.9 Å². The molecule has 0 aliphatic rings. The summed E-state index contributed by atoms with van der Waals surface area (Å²) in [4.78, 5) is 23.8. The Morgan fingerprint density at radius 3 is 2.40 bits per heavy atom. The van der Waals surface area contributed by atoms with Crippen molar-refractivity contribution in [2.75, 3.05) is 13.3 Å². The maximum Gasteiger partial charge on any atom is 0.328 e. The maximum atomic E-state index is 12.4. The third-order valence-electron chi connectivity index (χ3n) is 3.01. The van der Waals surface area contributed by atoms with E-state index in [1.807, 2.05) is 0 Å². The molecule has 0 saturated carbocycles. The average molecular weight is 303 g/mol. The van der Waals surface area contributed by atoms with Crippen LogP contribution < -0.4 is 0 Å². The van der Waals surface area contributed by atoms with Crippen molar-refractivity contribution in [2.45, 2.75) is 25.2 Å². The maximum absolute atomic E-state index is 12.4. The lowest BCUT2D eigenvalue weighted by atomic mass is 9.76. The molecular formula is C14H16ClFO4. The van der Waals surface area contributed by atoms with Gasteiger partial charge in [0.15, 0.2) is 5.41 Å². The van der Waals surface area contributed by atoms with E-state index in [2.05, 4.69) is 0 Å². The van der Waals surface area contributed by atoms with E-state index in [1.54, 1.807) is 6.92 Å². The van der Waals surface area contributed by atoms with Gasteiger partial charge in [-0.1, -0.05) is 23.7 Å². The molecule has 4 nitrogen and oxygen atoms in total. The Morgan fingerprint density at radius 1 is 1.35 bits per heavy atom. The number of carboxylic acid groups (broad SMARTS) is 1. The van der Waals surface area contributed by atoms with E-state index in [1.165, 1.54) is 24.3 Å². The Kier molecular flexibility index (Phi) is 5.95. The molecule has 0 heterocycles. The molecule has 0 aromatic heterocycles. The highest BCUT2D eigenvalue weighted by molar-refractivity contribution is 6.30. The first-order chi connectivity index (χ1) is 9.48. The second-order valence-corrected chi connectivity index (χ2v) is 4.67. The zero-order valence-electron chi connectivity index (χ0n) is 11.1. The van der Waals surface area contributed by atoms with Crippen LogP contribution >= 0.6 is 11.6 Å². The fraction of sp³-hybridized carbons (Fsp3) is 0.429. The van der Waals surface area contributed by atoms with Crippen LogP contribution in [0.1, 0.15) is 25.3 Å². The number of carbonyl (C=O) groups is 2.